The Morgan fingerprint density at radius 3 is 2.75 bits per heavy atom. The zero-order chi connectivity index (χ0) is 13.9. The van der Waals surface area contributed by atoms with Gasteiger partial charge in [0.1, 0.15) is 5.15 Å². The van der Waals surface area contributed by atoms with Crippen molar-refractivity contribution in [2.75, 3.05) is 13.1 Å². The molecule has 1 fully saturated rings. The van der Waals surface area contributed by atoms with E-state index < -0.39 is 0 Å². The smallest absolute Gasteiger partial charge is 0.266 e. The van der Waals surface area contributed by atoms with Crippen LogP contribution in [0.5, 0.6) is 0 Å². The normalized spacial score (nSPS) is 16.2. The van der Waals surface area contributed by atoms with E-state index in [1.165, 1.54) is 6.42 Å². The minimum absolute atomic E-state index is 0.118. The van der Waals surface area contributed by atoms with Crippen LogP contribution in [0.25, 0.3) is 10.9 Å². The van der Waals surface area contributed by atoms with Gasteiger partial charge < -0.3 is 0 Å². The predicted octanol–water partition coefficient (Wildman–Crippen LogP) is 3.02. The van der Waals surface area contributed by atoms with Gasteiger partial charge in [-0.3, -0.25) is 10.2 Å². The maximum Gasteiger partial charge on any atom is 0.266 e. The summed E-state index contributed by atoms with van der Waals surface area (Å²) in [5.41, 5.74) is 4.28. The highest BCUT2D eigenvalue weighted by atomic mass is 35.5. The van der Waals surface area contributed by atoms with E-state index >= 15 is 0 Å². The number of para-hydroxylation sites is 1. The van der Waals surface area contributed by atoms with E-state index in [-0.39, 0.29) is 5.91 Å². The van der Waals surface area contributed by atoms with E-state index in [9.17, 15) is 4.79 Å². The van der Waals surface area contributed by atoms with E-state index in [1.807, 2.05) is 29.3 Å². The second-order valence-electron chi connectivity index (χ2n) is 5.00. The molecule has 1 N–H and O–H groups in total. The molecular weight excluding hydrogens is 274 g/mol. The highest BCUT2D eigenvalue weighted by molar-refractivity contribution is 6.30. The molecule has 0 bridgehead atoms. The highest BCUT2D eigenvalue weighted by Gasteiger charge is 2.16. The first kappa shape index (κ1) is 13.3. The molecule has 5 heteroatoms. The van der Waals surface area contributed by atoms with Crippen LogP contribution in [-0.2, 0) is 0 Å². The number of hydrogen-bond donors (Lipinski definition) is 1. The van der Waals surface area contributed by atoms with Crippen molar-refractivity contribution in [3.63, 3.8) is 0 Å². The van der Waals surface area contributed by atoms with Crippen LogP contribution >= 0.6 is 11.6 Å². The lowest BCUT2D eigenvalue weighted by Crippen LogP contribution is -2.45. The summed E-state index contributed by atoms with van der Waals surface area (Å²) in [5, 5.41) is 3.15. The van der Waals surface area contributed by atoms with Crippen molar-refractivity contribution in [1.82, 2.24) is 15.4 Å². The number of amides is 1. The third-order valence-corrected chi connectivity index (χ3v) is 3.74. The van der Waals surface area contributed by atoms with Crippen LogP contribution in [0.3, 0.4) is 0 Å². The van der Waals surface area contributed by atoms with Crippen molar-refractivity contribution < 1.29 is 4.79 Å². The van der Waals surface area contributed by atoms with Crippen LogP contribution in [0.4, 0.5) is 0 Å². The molecule has 1 aromatic carbocycles. The van der Waals surface area contributed by atoms with Gasteiger partial charge in [-0.05, 0) is 25.0 Å². The monoisotopic (exact) mass is 289 g/mol. The molecule has 1 aromatic heterocycles. The zero-order valence-corrected chi connectivity index (χ0v) is 11.9. The summed E-state index contributed by atoms with van der Waals surface area (Å²) in [5.74, 6) is -0.118. The molecule has 4 nitrogen and oxygen atoms in total. The van der Waals surface area contributed by atoms with Gasteiger partial charge in [-0.25, -0.2) is 9.99 Å². The fourth-order valence-corrected chi connectivity index (χ4v) is 2.74. The number of pyridine rings is 1. The average molecular weight is 290 g/mol. The molecule has 0 aliphatic carbocycles. The third-order valence-electron chi connectivity index (χ3n) is 3.55. The van der Waals surface area contributed by atoms with Gasteiger partial charge in [0.15, 0.2) is 0 Å². The number of hydrazine groups is 1. The van der Waals surface area contributed by atoms with Crippen molar-refractivity contribution in [2.45, 2.75) is 19.3 Å². The van der Waals surface area contributed by atoms with Crippen LogP contribution < -0.4 is 5.43 Å². The molecule has 3 rings (SSSR count). The number of carbonyl (C=O) groups is 1. The Hall–Kier alpha value is -1.65. The van der Waals surface area contributed by atoms with E-state index in [0.717, 1.165) is 36.8 Å². The van der Waals surface area contributed by atoms with Gasteiger partial charge in [-0.1, -0.05) is 36.2 Å². The number of aromatic nitrogens is 1. The molecule has 0 saturated carbocycles. The van der Waals surface area contributed by atoms with Gasteiger partial charge in [-0.15, -0.1) is 0 Å². The van der Waals surface area contributed by atoms with Gasteiger partial charge >= 0.3 is 0 Å². The second-order valence-corrected chi connectivity index (χ2v) is 5.39. The van der Waals surface area contributed by atoms with Crippen LogP contribution in [-0.4, -0.2) is 29.0 Å². The lowest BCUT2D eigenvalue weighted by atomic mass is 10.1. The number of nitrogens with one attached hydrogen (secondary N) is 1. The topological polar surface area (TPSA) is 45.2 Å². The van der Waals surface area contributed by atoms with Crippen molar-refractivity contribution in [3.8, 4) is 0 Å². The molecule has 1 aliphatic heterocycles. The third kappa shape index (κ3) is 2.76. The standard InChI is InChI=1S/C15H16ClN3O/c16-14-10-12(11-6-2-3-7-13(11)17-14)15(20)18-19-8-4-1-5-9-19/h2-3,6-7,10H,1,4-5,8-9H2,(H,18,20). The summed E-state index contributed by atoms with van der Waals surface area (Å²) in [6, 6.07) is 9.17. The van der Waals surface area contributed by atoms with Crippen molar-refractivity contribution in [3.05, 3.63) is 41.0 Å². The van der Waals surface area contributed by atoms with Crippen molar-refractivity contribution in [1.29, 1.82) is 0 Å². The van der Waals surface area contributed by atoms with E-state index in [4.69, 9.17) is 11.6 Å². The number of benzene rings is 1. The largest absolute Gasteiger partial charge is 0.285 e. The Kier molecular flexibility index (Phi) is 3.85. The van der Waals surface area contributed by atoms with Gasteiger partial charge in [0.2, 0.25) is 0 Å². The summed E-state index contributed by atoms with van der Waals surface area (Å²) in [6.07, 6.45) is 3.48. The zero-order valence-electron chi connectivity index (χ0n) is 11.1. The highest BCUT2D eigenvalue weighted by Crippen LogP contribution is 2.21. The maximum atomic E-state index is 12.4. The van der Waals surface area contributed by atoms with E-state index in [0.29, 0.717) is 10.7 Å². The number of halogens is 1. The molecule has 1 saturated heterocycles. The number of hydrogen-bond acceptors (Lipinski definition) is 3. The molecular formula is C15H16ClN3O. The van der Waals surface area contributed by atoms with E-state index in [1.54, 1.807) is 6.07 Å². The van der Waals surface area contributed by atoms with Crippen molar-refractivity contribution in [2.24, 2.45) is 0 Å². The van der Waals surface area contributed by atoms with Gasteiger partial charge in [0.25, 0.3) is 5.91 Å². The van der Waals surface area contributed by atoms with Crippen LogP contribution in [0.1, 0.15) is 29.6 Å². The summed E-state index contributed by atoms with van der Waals surface area (Å²) >= 11 is 6.01. The molecule has 2 aromatic rings. The summed E-state index contributed by atoms with van der Waals surface area (Å²) < 4.78 is 0. The average Bonchev–Trinajstić information content (AvgIpc) is 2.47. The molecule has 20 heavy (non-hydrogen) atoms. The van der Waals surface area contributed by atoms with Crippen LogP contribution in [0, 0.1) is 0 Å². The first-order valence-electron chi connectivity index (χ1n) is 6.85. The number of rotatable bonds is 2. The first-order valence-corrected chi connectivity index (χ1v) is 7.23. The molecule has 2 heterocycles. The Labute approximate surface area is 122 Å². The molecule has 104 valence electrons. The van der Waals surface area contributed by atoms with Gasteiger partial charge in [-0.2, -0.15) is 0 Å². The van der Waals surface area contributed by atoms with Crippen LogP contribution in [0.2, 0.25) is 5.15 Å². The molecule has 1 aliphatic rings. The molecule has 0 unspecified atom stereocenters. The molecule has 0 radical (unpaired) electrons. The van der Waals surface area contributed by atoms with Gasteiger partial charge in [0.05, 0.1) is 11.1 Å². The van der Waals surface area contributed by atoms with Gasteiger partial charge in [0, 0.05) is 18.5 Å². The van der Waals surface area contributed by atoms with E-state index in [2.05, 4.69) is 10.4 Å². The quantitative estimate of drug-likeness (QED) is 0.865. The lowest BCUT2D eigenvalue weighted by molar-refractivity contribution is 0.0752. The number of nitrogens with zero attached hydrogens (tertiary/aromatic N) is 2. The second kappa shape index (κ2) is 5.77. The lowest BCUT2D eigenvalue weighted by Gasteiger charge is -2.27. The summed E-state index contributed by atoms with van der Waals surface area (Å²) in [7, 11) is 0. The SMILES string of the molecule is O=C(NN1CCCCC1)c1cc(Cl)nc2ccccc12. The fraction of sp³-hybridized carbons (Fsp3) is 0.333. The molecule has 0 atom stereocenters. The minimum atomic E-state index is -0.118. The maximum absolute atomic E-state index is 12.4. The minimum Gasteiger partial charge on any atom is -0.285 e. The number of carbonyl (C=O) groups excluding carboxylic acids is 1. The van der Waals surface area contributed by atoms with Crippen molar-refractivity contribution >= 4 is 28.4 Å². The summed E-state index contributed by atoms with van der Waals surface area (Å²) in [6.45, 7) is 1.81. The Balaban J connectivity index is 1.90. The first-order chi connectivity index (χ1) is 9.74. The Morgan fingerprint density at radius 1 is 1.20 bits per heavy atom. The molecule has 1 amide bonds. The fourth-order valence-electron chi connectivity index (χ4n) is 2.54. The number of piperidine rings is 1. The van der Waals surface area contributed by atoms with Crippen LogP contribution in [0.15, 0.2) is 30.3 Å². The Morgan fingerprint density at radius 2 is 1.95 bits per heavy atom. The predicted molar refractivity (Wildman–Crippen MR) is 79.6 cm³/mol. The Bertz CT molecular complexity index is 638. The molecule has 0 spiro atoms. The summed E-state index contributed by atoms with van der Waals surface area (Å²) in [4.78, 5) is 16.7. The number of fused-ring (bicyclic) bond motifs is 1.